The molecule has 0 radical (unpaired) electrons. The van der Waals surface area contributed by atoms with Crippen LogP contribution in [0.15, 0.2) is 59.5 Å². The molecular weight excluding hydrogens is 374 g/mol. The second-order valence-electron chi connectivity index (χ2n) is 6.57. The van der Waals surface area contributed by atoms with Crippen molar-refractivity contribution < 1.29 is 13.2 Å². The summed E-state index contributed by atoms with van der Waals surface area (Å²) >= 11 is 0. The summed E-state index contributed by atoms with van der Waals surface area (Å²) in [7, 11) is 0.180. The summed E-state index contributed by atoms with van der Waals surface area (Å²) in [6.07, 6.45) is 5.88. The number of nitrogens with zero attached hydrogens (tertiary/aromatic N) is 1. The Morgan fingerprint density at radius 3 is 2.50 bits per heavy atom. The highest BCUT2D eigenvalue weighted by atomic mass is 32.2. The summed E-state index contributed by atoms with van der Waals surface area (Å²) < 4.78 is 26.6. The lowest BCUT2D eigenvalue weighted by molar-refractivity contribution is 0.0941. The lowest BCUT2D eigenvalue weighted by atomic mass is 10.1. The van der Waals surface area contributed by atoms with E-state index in [9.17, 15) is 13.2 Å². The molecule has 1 unspecified atom stereocenters. The maximum Gasteiger partial charge on any atom is 0.251 e. The van der Waals surface area contributed by atoms with Crippen LogP contribution in [0.1, 0.15) is 15.9 Å². The highest BCUT2D eigenvalue weighted by Gasteiger charge is 2.17. The van der Waals surface area contributed by atoms with Gasteiger partial charge < -0.3 is 10.2 Å². The van der Waals surface area contributed by atoms with Crippen LogP contribution in [0, 0.1) is 12.3 Å². The molecule has 0 aliphatic heterocycles. The van der Waals surface area contributed by atoms with Crippen LogP contribution in [0.25, 0.3) is 0 Å². The number of nitrogens with one attached hydrogen (secondary N) is 2. The Balaban J connectivity index is 2.05. The molecule has 0 saturated heterocycles. The number of hydrogen-bond acceptors (Lipinski definition) is 4. The second-order valence-corrected chi connectivity index (χ2v) is 8.34. The van der Waals surface area contributed by atoms with E-state index in [-0.39, 0.29) is 29.0 Å². The molecule has 0 spiro atoms. The van der Waals surface area contributed by atoms with Crippen LogP contribution in [0.5, 0.6) is 0 Å². The first-order valence-corrected chi connectivity index (χ1v) is 10.3. The van der Waals surface area contributed by atoms with E-state index in [1.165, 1.54) is 23.8 Å². The van der Waals surface area contributed by atoms with Crippen LogP contribution >= 0.6 is 0 Å². The van der Waals surface area contributed by atoms with E-state index in [2.05, 4.69) is 33.0 Å². The number of sulfonamides is 1. The Kier molecular flexibility index (Phi) is 7.76. The van der Waals surface area contributed by atoms with Gasteiger partial charge in [-0.15, -0.1) is 6.42 Å². The van der Waals surface area contributed by atoms with Crippen molar-refractivity contribution in [1.82, 2.24) is 14.9 Å². The molecular formula is C21H25N3O3S. The van der Waals surface area contributed by atoms with Gasteiger partial charge in [0.15, 0.2) is 0 Å². The third-order valence-corrected chi connectivity index (χ3v) is 5.71. The number of carbonyl (C=O) groups is 1. The number of hydrogen-bond donors (Lipinski definition) is 2. The molecule has 0 bridgehead atoms. The van der Waals surface area contributed by atoms with Crippen molar-refractivity contribution in [2.75, 3.05) is 27.2 Å². The highest BCUT2D eigenvalue weighted by Crippen LogP contribution is 2.12. The third kappa shape index (κ3) is 6.20. The second kappa shape index (κ2) is 10.0. The van der Waals surface area contributed by atoms with Gasteiger partial charge in [0.05, 0.1) is 11.4 Å². The van der Waals surface area contributed by atoms with Gasteiger partial charge in [0, 0.05) is 18.2 Å². The van der Waals surface area contributed by atoms with Crippen molar-refractivity contribution >= 4 is 15.9 Å². The first kappa shape index (κ1) is 21.6. The molecule has 1 amide bonds. The molecule has 2 rings (SSSR count). The van der Waals surface area contributed by atoms with Crippen LogP contribution in [-0.4, -0.2) is 52.5 Å². The van der Waals surface area contributed by atoms with Gasteiger partial charge >= 0.3 is 0 Å². The van der Waals surface area contributed by atoms with Crippen LogP contribution < -0.4 is 10.0 Å². The number of terminal acetylenes is 1. The SMILES string of the molecule is C#CCNS(=O)(=O)c1cccc(C(=O)NCC(Cc2ccccc2)N(C)C)c1. The van der Waals surface area contributed by atoms with E-state index in [0.717, 1.165) is 6.42 Å². The van der Waals surface area contributed by atoms with Gasteiger partial charge in [-0.3, -0.25) is 4.79 Å². The third-order valence-electron chi connectivity index (χ3n) is 4.31. The first-order chi connectivity index (χ1) is 13.3. The molecule has 0 aliphatic carbocycles. The molecule has 2 aromatic rings. The van der Waals surface area contributed by atoms with E-state index in [4.69, 9.17) is 6.42 Å². The van der Waals surface area contributed by atoms with Crippen LogP contribution in [0.2, 0.25) is 0 Å². The van der Waals surface area contributed by atoms with Crippen LogP contribution in [0.3, 0.4) is 0 Å². The fraction of sp³-hybridized carbons (Fsp3) is 0.286. The summed E-state index contributed by atoms with van der Waals surface area (Å²) in [5.74, 6) is 1.89. The number of rotatable bonds is 9. The molecule has 28 heavy (non-hydrogen) atoms. The minimum Gasteiger partial charge on any atom is -0.350 e. The van der Waals surface area contributed by atoms with Crippen LogP contribution in [-0.2, 0) is 16.4 Å². The van der Waals surface area contributed by atoms with Gasteiger partial charge in [0.25, 0.3) is 5.91 Å². The van der Waals surface area contributed by atoms with Crippen LogP contribution in [0.4, 0.5) is 0 Å². The Hall–Kier alpha value is -2.66. The van der Waals surface area contributed by atoms with Crippen molar-refractivity contribution in [3.8, 4) is 12.3 Å². The smallest absolute Gasteiger partial charge is 0.251 e. The van der Waals surface area contributed by atoms with Gasteiger partial charge in [0.2, 0.25) is 10.0 Å². The number of benzene rings is 2. The molecule has 0 saturated carbocycles. The lowest BCUT2D eigenvalue weighted by Crippen LogP contribution is -2.41. The number of likely N-dealkylation sites (N-methyl/N-ethyl adjacent to an activating group) is 1. The average molecular weight is 400 g/mol. The van der Waals surface area contributed by atoms with Gasteiger partial charge in [0.1, 0.15) is 0 Å². The zero-order chi connectivity index (χ0) is 20.6. The van der Waals surface area contributed by atoms with E-state index in [1.54, 1.807) is 6.07 Å². The monoisotopic (exact) mass is 399 g/mol. The number of carbonyl (C=O) groups excluding carboxylic acids is 1. The molecule has 1 atom stereocenters. The zero-order valence-corrected chi connectivity index (χ0v) is 16.9. The minimum absolute atomic E-state index is 0.00356. The molecule has 148 valence electrons. The van der Waals surface area contributed by atoms with E-state index in [0.29, 0.717) is 6.54 Å². The summed E-state index contributed by atoms with van der Waals surface area (Å²) in [5.41, 5.74) is 1.46. The fourth-order valence-electron chi connectivity index (χ4n) is 2.66. The molecule has 2 aromatic carbocycles. The lowest BCUT2D eigenvalue weighted by Gasteiger charge is -2.25. The molecule has 0 fully saturated rings. The first-order valence-electron chi connectivity index (χ1n) is 8.85. The van der Waals surface area contributed by atoms with E-state index in [1.807, 2.05) is 32.3 Å². The standard InChI is InChI=1S/C21H25N3O3S/c1-4-13-23-28(26,27)20-12-8-11-18(15-20)21(25)22-16-19(24(2)3)14-17-9-6-5-7-10-17/h1,5-12,15,19,23H,13-14,16H2,2-3H3,(H,22,25). The summed E-state index contributed by atoms with van der Waals surface area (Å²) in [6.45, 7) is 0.329. The maximum absolute atomic E-state index is 12.5. The van der Waals surface area contributed by atoms with Crippen molar-refractivity contribution in [2.24, 2.45) is 0 Å². The Labute approximate surface area is 167 Å². The Morgan fingerprint density at radius 1 is 1.14 bits per heavy atom. The van der Waals surface area contributed by atoms with E-state index < -0.39 is 10.0 Å². The van der Waals surface area contributed by atoms with Crippen molar-refractivity contribution in [3.05, 3.63) is 65.7 Å². The van der Waals surface area contributed by atoms with Gasteiger partial charge in [-0.05, 0) is 44.3 Å². The Morgan fingerprint density at radius 2 is 1.86 bits per heavy atom. The highest BCUT2D eigenvalue weighted by molar-refractivity contribution is 7.89. The Bertz CT molecular complexity index is 935. The topological polar surface area (TPSA) is 78.5 Å². The van der Waals surface area contributed by atoms with E-state index >= 15 is 0 Å². The van der Waals surface area contributed by atoms with Crippen molar-refractivity contribution in [1.29, 1.82) is 0 Å². The normalized spacial score (nSPS) is 12.4. The summed E-state index contributed by atoms with van der Waals surface area (Å²) in [4.78, 5) is 14.6. The molecule has 6 nitrogen and oxygen atoms in total. The quantitative estimate of drug-likeness (QED) is 0.627. The fourth-order valence-corrected chi connectivity index (χ4v) is 3.64. The average Bonchev–Trinajstić information content (AvgIpc) is 2.70. The van der Waals surface area contributed by atoms with Gasteiger partial charge in [-0.1, -0.05) is 42.3 Å². The van der Waals surface area contributed by atoms with Crippen molar-refractivity contribution in [2.45, 2.75) is 17.4 Å². The summed E-state index contributed by atoms with van der Waals surface area (Å²) in [6, 6.07) is 16.0. The van der Waals surface area contributed by atoms with Gasteiger partial charge in [-0.2, -0.15) is 4.72 Å². The summed E-state index contributed by atoms with van der Waals surface area (Å²) in [5, 5.41) is 2.89. The predicted molar refractivity (Wildman–Crippen MR) is 110 cm³/mol. The maximum atomic E-state index is 12.5. The minimum atomic E-state index is -3.74. The van der Waals surface area contributed by atoms with Crippen molar-refractivity contribution in [3.63, 3.8) is 0 Å². The molecule has 0 aromatic heterocycles. The molecule has 2 N–H and O–H groups in total. The number of amides is 1. The molecule has 0 aliphatic rings. The van der Waals surface area contributed by atoms with Gasteiger partial charge in [-0.25, -0.2) is 8.42 Å². The predicted octanol–water partition coefficient (Wildman–Crippen LogP) is 1.50. The zero-order valence-electron chi connectivity index (χ0n) is 16.1. The largest absolute Gasteiger partial charge is 0.350 e. The molecule has 7 heteroatoms. The molecule has 0 heterocycles.